The van der Waals surface area contributed by atoms with Gasteiger partial charge in [-0.25, -0.2) is 4.79 Å². The summed E-state index contributed by atoms with van der Waals surface area (Å²) in [5.74, 6) is -0.244. The topological polar surface area (TPSA) is 26.3 Å². The van der Waals surface area contributed by atoms with Crippen LogP contribution in [0.4, 0.5) is 0 Å². The molecule has 2 aromatic rings. The Morgan fingerprint density at radius 3 is 3.00 bits per heavy atom. The van der Waals surface area contributed by atoms with E-state index < -0.39 is 0 Å². The van der Waals surface area contributed by atoms with Crippen molar-refractivity contribution in [3.8, 4) is 0 Å². The van der Waals surface area contributed by atoms with Crippen LogP contribution in [0.1, 0.15) is 18.1 Å². The van der Waals surface area contributed by atoms with Crippen molar-refractivity contribution < 1.29 is 9.53 Å². The van der Waals surface area contributed by atoms with Crippen molar-refractivity contribution in [3.63, 3.8) is 0 Å². The molecule has 0 fully saturated rings. The average Bonchev–Trinajstić information content (AvgIpc) is 2.98. The monoisotopic (exact) mass is 288 g/mol. The first-order valence-electron chi connectivity index (χ1n) is 7.60. The Morgan fingerprint density at radius 1 is 1.23 bits per heavy atom. The number of hydrogen-bond donors (Lipinski definition) is 0. The van der Waals surface area contributed by atoms with E-state index in [0.29, 0.717) is 12.2 Å². The van der Waals surface area contributed by atoms with Crippen LogP contribution in [0.15, 0.2) is 42.5 Å². The van der Waals surface area contributed by atoms with E-state index in [4.69, 9.17) is 4.74 Å². The molecular weight excluding hydrogens is 272 g/mol. The van der Waals surface area contributed by atoms with Crippen molar-refractivity contribution in [2.24, 2.45) is 0 Å². The Kier molecular flexibility index (Phi) is 2.97. The second-order valence-electron chi connectivity index (χ2n) is 5.57. The highest BCUT2D eigenvalue weighted by molar-refractivity contribution is 6.18. The third kappa shape index (κ3) is 1.92. The van der Waals surface area contributed by atoms with Gasteiger partial charge in [0.05, 0.1) is 12.2 Å². The summed E-state index contributed by atoms with van der Waals surface area (Å²) >= 11 is 0. The van der Waals surface area contributed by atoms with Crippen molar-refractivity contribution in [2.45, 2.75) is 13.3 Å². The number of esters is 1. The van der Waals surface area contributed by atoms with E-state index in [0.717, 1.165) is 22.6 Å². The molecule has 2 aliphatic rings. The van der Waals surface area contributed by atoms with Gasteiger partial charge in [-0.1, -0.05) is 42.5 Å². The number of rotatable bonds is 2. The SMILES string of the molecule is CCOC(=O)C1=c2c(ccc3cc4c(cc23)=CC=CC4)C=C1. The molecule has 0 N–H and O–H groups in total. The molecule has 22 heavy (non-hydrogen) atoms. The highest BCUT2D eigenvalue weighted by atomic mass is 16.5. The first-order chi connectivity index (χ1) is 10.8. The Bertz CT molecular complexity index is 975. The van der Waals surface area contributed by atoms with Crippen LogP contribution in [0.2, 0.25) is 0 Å². The van der Waals surface area contributed by atoms with Crippen molar-refractivity contribution in [1.29, 1.82) is 0 Å². The van der Waals surface area contributed by atoms with Gasteiger partial charge in [-0.05, 0) is 52.6 Å². The van der Waals surface area contributed by atoms with E-state index in [-0.39, 0.29) is 5.97 Å². The molecule has 0 saturated carbocycles. The molecule has 4 rings (SSSR count). The summed E-state index contributed by atoms with van der Waals surface area (Å²) in [7, 11) is 0. The number of hydrogen-bond acceptors (Lipinski definition) is 2. The van der Waals surface area contributed by atoms with Crippen LogP contribution in [0, 0.1) is 0 Å². The maximum absolute atomic E-state index is 12.2. The van der Waals surface area contributed by atoms with Gasteiger partial charge in [0.2, 0.25) is 0 Å². The molecule has 0 saturated heterocycles. The molecule has 108 valence electrons. The van der Waals surface area contributed by atoms with Gasteiger partial charge >= 0.3 is 5.97 Å². The minimum absolute atomic E-state index is 0.244. The van der Waals surface area contributed by atoms with Crippen LogP contribution < -0.4 is 10.4 Å². The van der Waals surface area contributed by atoms with Crippen LogP contribution in [0.5, 0.6) is 0 Å². The van der Waals surface area contributed by atoms with Crippen molar-refractivity contribution in [2.75, 3.05) is 6.61 Å². The summed E-state index contributed by atoms with van der Waals surface area (Å²) in [5.41, 5.74) is 3.08. The van der Waals surface area contributed by atoms with Gasteiger partial charge in [0.25, 0.3) is 0 Å². The molecule has 0 aliphatic heterocycles. The van der Waals surface area contributed by atoms with Gasteiger partial charge in [0.1, 0.15) is 0 Å². The lowest BCUT2D eigenvalue weighted by Crippen LogP contribution is -2.18. The van der Waals surface area contributed by atoms with Crippen molar-refractivity contribution >= 4 is 34.5 Å². The van der Waals surface area contributed by atoms with Crippen LogP contribution in [-0.2, 0) is 16.0 Å². The largest absolute Gasteiger partial charge is 0.462 e. The molecule has 0 unspecified atom stereocenters. The highest BCUT2D eigenvalue weighted by Gasteiger charge is 2.17. The summed E-state index contributed by atoms with van der Waals surface area (Å²) in [6.07, 6.45) is 11.2. The van der Waals surface area contributed by atoms with E-state index in [1.807, 2.05) is 19.1 Å². The first-order valence-corrected chi connectivity index (χ1v) is 7.60. The van der Waals surface area contributed by atoms with Gasteiger partial charge in [-0.2, -0.15) is 0 Å². The molecule has 2 heteroatoms. The Hall–Kier alpha value is -2.61. The summed E-state index contributed by atoms with van der Waals surface area (Å²) in [5, 5.41) is 4.53. The molecular formula is C20H16O2. The third-order valence-corrected chi connectivity index (χ3v) is 4.26. The second kappa shape index (κ2) is 4.99. The predicted octanol–water partition coefficient (Wildman–Crippen LogP) is 2.47. The Balaban J connectivity index is 2.08. The molecule has 0 aromatic heterocycles. The smallest absolute Gasteiger partial charge is 0.338 e. The van der Waals surface area contributed by atoms with E-state index in [9.17, 15) is 4.79 Å². The summed E-state index contributed by atoms with van der Waals surface area (Å²) in [6.45, 7) is 2.23. The molecule has 0 bridgehead atoms. The van der Waals surface area contributed by atoms with Gasteiger partial charge in [0, 0.05) is 5.22 Å². The average molecular weight is 288 g/mol. The Labute approximate surface area is 128 Å². The lowest BCUT2D eigenvalue weighted by atomic mass is 9.96. The predicted molar refractivity (Wildman–Crippen MR) is 89.6 cm³/mol. The quantitative estimate of drug-likeness (QED) is 0.794. The minimum Gasteiger partial charge on any atom is -0.462 e. The third-order valence-electron chi connectivity index (χ3n) is 4.26. The fraction of sp³-hybridized carbons (Fsp3) is 0.150. The zero-order valence-electron chi connectivity index (χ0n) is 12.4. The number of carbonyl (C=O) groups excluding carboxylic acids is 1. The summed E-state index contributed by atoms with van der Waals surface area (Å²) < 4.78 is 5.20. The zero-order chi connectivity index (χ0) is 15.1. The fourth-order valence-corrected chi connectivity index (χ4v) is 3.23. The lowest BCUT2D eigenvalue weighted by Gasteiger charge is -2.09. The van der Waals surface area contributed by atoms with E-state index >= 15 is 0 Å². The number of ether oxygens (including phenoxy) is 1. The van der Waals surface area contributed by atoms with E-state index in [1.165, 1.54) is 16.2 Å². The van der Waals surface area contributed by atoms with Crippen molar-refractivity contribution in [1.82, 2.24) is 0 Å². The van der Waals surface area contributed by atoms with Crippen LogP contribution >= 0.6 is 0 Å². The molecule has 0 heterocycles. The van der Waals surface area contributed by atoms with E-state index in [2.05, 4.69) is 42.5 Å². The van der Waals surface area contributed by atoms with Crippen LogP contribution in [-0.4, -0.2) is 12.6 Å². The van der Waals surface area contributed by atoms with Crippen LogP contribution in [0.3, 0.4) is 0 Å². The highest BCUT2D eigenvalue weighted by Crippen LogP contribution is 2.19. The van der Waals surface area contributed by atoms with Gasteiger partial charge in [-0.15, -0.1) is 0 Å². The molecule has 2 nitrogen and oxygen atoms in total. The lowest BCUT2D eigenvalue weighted by molar-refractivity contribution is -0.136. The summed E-state index contributed by atoms with van der Waals surface area (Å²) in [6, 6.07) is 8.63. The van der Waals surface area contributed by atoms with Gasteiger partial charge in [0.15, 0.2) is 0 Å². The number of fused-ring (bicyclic) bond motifs is 4. The van der Waals surface area contributed by atoms with Gasteiger partial charge in [-0.3, -0.25) is 0 Å². The number of benzene rings is 2. The maximum atomic E-state index is 12.2. The molecule has 0 radical (unpaired) electrons. The Morgan fingerprint density at radius 2 is 2.14 bits per heavy atom. The number of allylic oxidation sites excluding steroid dienone is 2. The standard InChI is InChI=1S/C20H16O2/c1-2-22-20(21)17-10-9-13-7-8-16-11-14-5-3-4-6-15(14)12-18(16)19(13)17/h3-4,6-12H,2,5H2,1H3. The van der Waals surface area contributed by atoms with Crippen molar-refractivity contribution in [3.05, 3.63) is 64.1 Å². The molecule has 0 atom stereocenters. The molecule has 0 amide bonds. The minimum atomic E-state index is -0.244. The molecule has 2 aliphatic carbocycles. The maximum Gasteiger partial charge on any atom is 0.338 e. The molecule has 0 spiro atoms. The zero-order valence-corrected chi connectivity index (χ0v) is 12.4. The summed E-state index contributed by atoms with van der Waals surface area (Å²) in [4.78, 5) is 12.2. The van der Waals surface area contributed by atoms with Gasteiger partial charge < -0.3 is 4.74 Å². The number of carbonyl (C=O) groups is 1. The normalized spacial score (nSPS) is 14.7. The van der Waals surface area contributed by atoms with E-state index in [1.54, 1.807) is 0 Å². The first kappa shape index (κ1) is 13.1. The van der Waals surface area contributed by atoms with Crippen LogP contribution in [0.25, 0.3) is 28.5 Å². The fourth-order valence-electron chi connectivity index (χ4n) is 3.23. The second-order valence-corrected chi connectivity index (χ2v) is 5.57. The molecule has 2 aromatic carbocycles.